The zero-order valence-electron chi connectivity index (χ0n) is 14.7. The van der Waals surface area contributed by atoms with E-state index >= 15 is 0 Å². The Morgan fingerprint density at radius 2 is 1.70 bits per heavy atom. The van der Waals surface area contributed by atoms with Crippen LogP contribution in [0, 0.1) is 5.41 Å². The molecule has 0 saturated carbocycles. The Balaban J connectivity index is 2.07. The summed E-state index contributed by atoms with van der Waals surface area (Å²) in [6.45, 7) is 9.87. The number of hydrogen-bond donors (Lipinski definition) is 1. The third-order valence-corrected chi connectivity index (χ3v) is 5.17. The van der Waals surface area contributed by atoms with Crippen molar-refractivity contribution in [2.45, 2.75) is 58.3 Å². The van der Waals surface area contributed by atoms with Crippen LogP contribution in [0.4, 0.5) is 0 Å². The van der Waals surface area contributed by atoms with Crippen LogP contribution in [0.1, 0.15) is 58.1 Å². The second kappa shape index (κ2) is 5.73. The van der Waals surface area contributed by atoms with E-state index in [0.717, 1.165) is 30.4 Å². The summed E-state index contributed by atoms with van der Waals surface area (Å²) in [4.78, 5) is 0. The van der Waals surface area contributed by atoms with Gasteiger partial charge in [0, 0.05) is 12.0 Å². The monoisotopic (exact) mass is 316 g/mol. The van der Waals surface area contributed by atoms with E-state index in [1.54, 1.807) is 0 Å². The summed E-state index contributed by atoms with van der Waals surface area (Å²) in [5.74, 6) is -0.718. The first-order chi connectivity index (χ1) is 10.8. The molecule has 126 valence electrons. The van der Waals surface area contributed by atoms with E-state index < -0.39 is 11.4 Å². The van der Waals surface area contributed by atoms with Gasteiger partial charge < -0.3 is 14.6 Å². The van der Waals surface area contributed by atoms with Crippen molar-refractivity contribution in [1.29, 1.82) is 0 Å². The van der Waals surface area contributed by atoms with Crippen molar-refractivity contribution in [1.82, 2.24) is 0 Å². The highest BCUT2D eigenvalue weighted by atomic mass is 16.7. The van der Waals surface area contributed by atoms with Gasteiger partial charge in [0.05, 0.1) is 13.2 Å². The van der Waals surface area contributed by atoms with Gasteiger partial charge >= 0.3 is 0 Å². The largest absolute Gasteiger partial charge is 0.381 e. The minimum absolute atomic E-state index is 0.0855. The normalized spacial score (nSPS) is 27.3. The smallest absolute Gasteiger partial charge is 0.195 e. The number of benzene rings is 1. The summed E-state index contributed by atoms with van der Waals surface area (Å²) in [5.41, 5.74) is 2.35. The maximum atomic E-state index is 11.4. The maximum Gasteiger partial charge on any atom is 0.195 e. The fourth-order valence-electron chi connectivity index (χ4n) is 3.76. The van der Waals surface area contributed by atoms with E-state index in [2.05, 4.69) is 33.8 Å². The molecule has 1 N–H and O–H groups in total. The Kier molecular flexibility index (Phi) is 4.16. The summed E-state index contributed by atoms with van der Waals surface area (Å²) < 4.78 is 11.9. The van der Waals surface area contributed by atoms with Crippen molar-refractivity contribution in [3.8, 4) is 0 Å². The van der Waals surface area contributed by atoms with E-state index in [1.165, 1.54) is 5.57 Å². The van der Waals surface area contributed by atoms with Crippen LogP contribution in [0.25, 0.3) is 0 Å². The topological polar surface area (TPSA) is 38.7 Å². The molecular weight excluding hydrogens is 288 g/mol. The molecule has 0 aromatic heterocycles. The zero-order valence-corrected chi connectivity index (χ0v) is 14.7. The minimum atomic E-state index is -0.934. The van der Waals surface area contributed by atoms with Gasteiger partial charge in [0.25, 0.3) is 0 Å². The number of aliphatic hydroxyl groups is 1. The van der Waals surface area contributed by atoms with Gasteiger partial charge in [-0.25, -0.2) is 0 Å². The molecule has 1 aromatic carbocycles. The van der Waals surface area contributed by atoms with Crippen LogP contribution in [-0.2, 0) is 20.9 Å². The van der Waals surface area contributed by atoms with Crippen molar-refractivity contribution in [3.05, 3.63) is 47.0 Å². The van der Waals surface area contributed by atoms with Crippen molar-refractivity contribution in [2.75, 3.05) is 13.2 Å². The second-order valence-electron chi connectivity index (χ2n) is 7.69. The summed E-state index contributed by atoms with van der Waals surface area (Å²) in [7, 11) is 0. The average Bonchev–Trinajstić information content (AvgIpc) is 3.15. The SMILES string of the molecule is CCC1(c2ccccc2C2(O)C=C(C(C)(C)C)CC2)OCCO1. The highest BCUT2D eigenvalue weighted by Gasteiger charge is 2.44. The summed E-state index contributed by atoms with van der Waals surface area (Å²) in [6, 6.07) is 8.02. The molecule has 1 aliphatic heterocycles. The molecule has 0 radical (unpaired) electrons. The quantitative estimate of drug-likeness (QED) is 0.847. The van der Waals surface area contributed by atoms with Crippen molar-refractivity contribution < 1.29 is 14.6 Å². The second-order valence-corrected chi connectivity index (χ2v) is 7.69. The highest BCUT2D eigenvalue weighted by molar-refractivity contribution is 5.42. The molecule has 1 heterocycles. The van der Waals surface area contributed by atoms with Gasteiger partial charge in [0.15, 0.2) is 5.79 Å². The van der Waals surface area contributed by atoms with Crippen LogP contribution in [0.3, 0.4) is 0 Å². The lowest BCUT2D eigenvalue weighted by Crippen LogP contribution is -2.32. The standard InChI is InChI=1S/C20H28O3/c1-5-20(22-12-13-23-20)17-9-7-6-8-16(17)19(21)11-10-15(14-19)18(2,3)4/h6-9,14,21H,5,10-13H2,1-4H3. The van der Waals surface area contributed by atoms with E-state index in [1.807, 2.05) is 24.3 Å². The van der Waals surface area contributed by atoms with Gasteiger partial charge in [-0.15, -0.1) is 0 Å². The van der Waals surface area contributed by atoms with Crippen LogP contribution >= 0.6 is 0 Å². The van der Waals surface area contributed by atoms with Crippen molar-refractivity contribution in [2.24, 2.45) is 5.41 Å². The molecule has 23 heavy (non-hydrogen) atoms. The molecule has 3 rings (SSSR count). The van der Waals surface area contributed by atoms with Crippen LogP contribution < -0.4 is 0 Å². The summed E-state index contributed by atoms with van der Waals surface area (Å²) in [5, 5.41) is 11.4. The molecule has 2 aliphatic rings. The first-order valence-corrected chi connectivity index (χ1v) is 8.63. The molecule has 3 nitrogen and oxygen atoms in total. The minimum Gasteiger partial charge on any atom is -0.381 e. The van der Waals surface area contributed by atoms with Gasteiger partial charge in [-0.1, -0.05) is 57.5 Å². The van der Waals surface area contributed by atoms with Gasteiger partial charge in [-0.05, 0) is 29.9 Å². The third-order valence-electron chi connectivity index (χ3n) is 5.17. The lowest BCUT2D eigenvalue weighted by molar-refractivity contribution is -0.169. The van der Waals surface area contributed by atoms with Crippen LogP contribution in [0.15, 0.2) is 35.9 Å². The molecule has 1 unspecified atom stereocenters. The Bertz CT molecular complexity index is 606. The molecule has 0 spiro atoms. The molecule has 3 heteroatoms. The summed E-state index contributed by atoms with van der Waals surface area (Å²) >= 11 is 0. The molecule has 1 aromatic rings. The van der Waals surface area contributed by atoms with E-state index in [-0.39, 0.29) is 5.41 Å². The lowest BCUT2D eigenvalue weighted by Gasteiger charge is -2.33. The number of allylic oxidation sites excluding steroid dienone is 1. The van der Waals surface area contributed by atoms with Gasteiger partial charge in [-0.3, -0.25) is 0 Å². The molecule has 1 atom stereocenters. The molecule has 0 amide bonds. The number of rotatable bonds is 3. The zero-order chi connectivity index (χ0) is 16.7. The van der Waals surface area contributed by atoms with Crippen LogP contribution in [-0.4, -0.2) is 18.3 Å². The first-order valence-electron chi connectivity index (χ1n) is 8.63. The summed E-state index contributed by atoms with van der Waals surface area (Å²) in [6.07, 6.45) is 4.44. The van der Waals surface area contributed by atoms with Gasteiger partial charge in [0.2, 0.25) is 0 Å². The Hall–Kier alpha value is -1.16. The van der Waals surface area contributed by atoms with Gasteiger partial charge in [-0.2, -0.15) is 0 Å². The Morgan fingerprint density at radius 3 is 2.22 bits per heavy atom. The third kappa shape index (κ3) is 2.86. The van der Waals surface area contributed by atoms with E-state index in [9.17, 15) is 5.11 Å². The fourth-order valence-corrected chi connectivity index (χ4v) is 3.76. The first kappa shape index (κ1) is 16.7. The lowest BCUT2D eigenvalue weighted by atomic mass is 9.84. The van der Waals surface area contributed by atoms with E-state index in [0.29, 0.717) is 13.2 Å². The Labute approximate surface area is 139 Å². The van der Waals surface area contributed by atoms with Crippen LogP contribution in [0.5, 0.6) is 0 Å². The molecule has 1 aliphatic carbocycles. The molecule has 1 saturated heterocycles. The molecular formula is C20H28O3. The average molecular weight is 316 g/mol. The number of ether oxygens (including phenoxy) is 2. The molecule has 0 bridgehead atoms. The van der Waals surface area contributed by atoms with Crippen LogP contribution in [0.2, 0.25) is 0 Å². The maximum absolute atomic E-state index is 11.4. The van der Waals surface area contributed by atoms with Gasteiger partial charge in [0.1, 0.15) is 5.60 Å². The fraction of sp³-hybridized carbons (Fsp3) is 0.600. The predicted octanol–water partition coefficient (Wildman–Crippen LogP) is 4.25. The van der Waals surface area contributed by atoms with Crippen molar-refractivity contribution in [3.63, 3.8) is 0 Å². The molecule has 1 fully saturated rings. The highest BCUT2D eigenvalue weighted by Crippen LogP contribution is 2.47. The van der Waals surface area contributed by atoms with Crippen molar-refractivity contribution >= 4 is 0 Å². The van der Waals surface area contributed by atoms with E-state index in [4.69, 9.17) is 9.47 Å². The number of hydrogen-bond acceptors (Lipinski definition) is 3. The Morgan fingerprint density at radius 1 is 1.09 bits per heavy atom. The predicted molar refractivity (Wildman–Crippen MR) is 91.0 cm³/mol.